The third-order valence-corrected chi connectivity index (χ3v) is 3.50. The van der Waals surface area contributed by atoms with Crippen molar-refractivity contribution < 1.29 is 9.53 Å². The molecule has 0 aliphatic rings. The Morgan fingerprint density at radius 3 is 2.91 bits per heavy atom. The van der Waals surface area contributed by atoms with Gasteiger partial charge in [-0.1, -0.05) is 19.1 Å². The lowest BCUT2D eigenvalue weighted by molar-refractivity contribution is 0.0595. The van der Waals surface area contributed by atoms with E-state index < -0.39 is 5.97 Å². The Morgan fingerprint density at radius 1 is 1.27 bits per heavy atom. The largest absolute Gasteiger partial charge is 0.464 e. The number of aryl methyl sites for hydroxylation is 1. The quantitative estimate of drug-likeness (QED) is 0.721. The zero-order valence-corrected chi connectivity index (χ0v) is 12.5. The SMILES string of the molecule is CCc1cccc(Nc2cnc3[nH]c(C(=O)OC)cc3c2)c1. The predicted octanol–water partition coefficient (Wildman–Crippen LogP) is 3.66. The number of benzene rings is 1. The molecule has 0 atom stereocenters. The molecule has 0 radical (unpaired) electrons. The van der Waals surface area contributed by atoms with Crippen molar-refractivity contribution in [2.75, 3.05) is 12.4 Å². The summed E-state index contributed by atoms with van der Waals surface area (Å²) in [6.45, 7) is 2.13. The van der Waals surface area contributed by atoms with Crippen LogP contribution in [0.1, 0.15) is 23.0 Å². The van der Waals surface area contributed by atoms with Crippen molar-refractivity contribution in [1.82, 2.24) is 9.97 Å². The molecular formula is C17H17N3O2. The fourth-order valence-electron chi connectivity index (χ4n) is 2.34. The number of hydrogen-bond acceptors (Lipinski definition) is 4. The molecule has 0 aliphatic heterocycles. The Labute approximate surface area is 128 Å². The summed E-state index contributed by atoms with van der Waals surface area (Å²) in [5.41, 5.74) is 4.22. The van der Waals surface area contributed by atoms with Gasteiger partial charge in [0.05, 0.1) is 19.0 Å². The van der Waals surface area contributed by atoms with Crippen LogP contribution in [-0.2, 0) is 11.2 Å². The van der Waals surface area contributed by atoms with Gasteiger partial charge in [-0.15, -0.1) is 0 Å². The number of nitrogens with one attached hydrogen (secondary N) is 2. The Morgan fingerprint density at radius 2 is 2.14 bits per heavy atom. The molecule has 5 nitrogen and oxygen atoms in total. The number of hydrogen-bond donors (Lipinski definition) is 2. The molecule has 3 aromatic rings. The number of carbonyl (C=O) groups is 1. The molecule has 0 fully saturated rings. The number of H-pyrrole nitrogens is 1. The Bertz CT molecular complexity index is 824. The van der Waals surface area contributed by atoms with Crippen molar-refractivity contribution in [1.29, 1.82) is 0 Å². The maximum atomic E-state index is 11.5. The first-order valence-electron chi connectivity index (χ1n) is 7.12. The van der Waals surface area contributed by atoms with Crippen LogP contribution in [0.4, 0.5) is 11.4 Å². The number of esters is 1. The van der Waals surface area contributed by atoms with Gasteiger partial charge in [-0.25, -0.2) is 9.78 Å². The van der Waals surface area contributed by atoms with Gasteiger partial charge >= 0.3 is 5.97 Å². The highest BCUT2D eigenvalue weighted by molar-refractivity contribution is 5.94. The van der Waals surface area contributed by atoms with Crippen molar-refractivity contribution in [2.45, 2.75) is 13.3 Å². The van der Waals surface area contributed by atoms with E-state index >= 15 is 0 Å². The predicted molar refractivity (Wildman–Crippen MR) is 86.5 cm³/mol. The molecular weight excluding hydrogens is 278 g/mol. The minimum Gasteiger partial charge on any atom is -0.464 e. The number of methoxy groups -OCH3 is 1. The summed E-state index contributed by atoms with van der Waals surface area (Å²) in [5, 5.41) is 4.19. The van der Waals surface area contributed by atoms with Gasteiger partial charge in [0, 0.05) is 11.1 Å². The second-order valence-corrected chi connectivity index (χ2v) is 5.02. The van der Waals surface area contributed by atoms with Gasteiger partial charge < -0.3 is 15.0 Å². The van der Waals surface area contributed by atoms with E-state index in [9.17, 15) is 4.79 Å². The molecule has 0 spiro atoms. The summed E-state index contributed by atoms with van der Waals surface area (Å²) in [7, 11) is 1.36. The van der Waals surface area contributed by atoms with E-state index in [0.29, 0.717) is 11.3 Å². The Balaban J connectivity index is 1.89. The van der Waals surface area contributed by atoms with Crippen molar-refractivity contribution in [3.8, 4) is 0 Å². The maximum Gasteiger partial charge on any atom is 0.354 e. The smallest absolute Gasteiger partial charge is 0.354 e. The Kier molecular flexibility index (Phi) is 3.78. The third-order valence-electron chi connectivity index (χ3n) is 3.50. The van der Waals surface area contributed by atoms with Crippen LogP contribution in [0.2, 0.25) is 0 Å². The molecule has 2 heterocycles. The number of aromatic nitrogens is 2. The zero-order valence-electron chi connectivity index (χ0n) is 12.5. The number of nitrogens with zero attached hydrogens (tertiary/aromatic N) is 1. The topological polar surface area (TPSA) is 67.0 Å². The van der Waals surface area contributed by atoms with E-state index in [1.54, 1.807) is 12.3 Å². The van der Waals surface area contributed by atoms with Crippen molar-refractivity contribution in [3.05, 3.63) is 53.9 Å². The second kappa shape index (κ2) is 5.89. The third kappa shape index (κ3) is 2.79. The van der Waals surface area contributed by atoms with Gasteiger partial charge in [0.2, 0.25) is 0 Å². The minimum atomic E-state index is -0.400. The van der Waals surface area contributed by atoms with Crippen LogP contribution in [0.5, 0.6) is 0 Å². The van der Waals surface area contributed by atoms with Crippen LogP contribution < -0.4 is 5.32 Å². The van der Waals surface area contributed by atoms with Crippen LogP contribution in [0.3, 0.4) is 0 Å². The number of pyridine rings is 1. The summed E-state index contributed by atoms with van der Waals surface area (Å²) in [6, 6.07) is 11.9. The van der Waals surface area contributed by atoms with Crippen molar-refractivity contribution in [3.63, 3.8) is 0 Å². The zero-order chi connectivity index (χ0) is 15.5. The fourth-order valence-corrected chi connectivity index (χ4v) is 2.34. The molecule has 0 amide bonds. The number of rotatable bonds is 4. The van der Waals surface area contributed by atoms with Gasteiger partial charge in [-0.3, -0.25) is 0 Å². The maximum absolute atomic E-state index is 11.5. The number of carbonyl (C=O) groups excluding carboxylic acids is 1. The average Bonchev–Trinajstić information content (AvgIpc) is 2.97. The first-order valence-corrected chi connectivity index (χ1v) is 7.12. The van der Waals surface area contributed by atoms with Crippen LogP contribution in [0.25, 0.3) is 11.0 Å². The average molecular weight is 295 g/mol. The lowest BCUT2D eigenvalue weighted by Gasteiger charge is -2.07. The molecule has 2 N–H and O–H groups in total. The van der Waals surface area contributed by atoms with E-state index in [1.807, 2.05) is 18.2 Å². The van der Waals surface area contributed by atoms with Crippen molar-refractivity contribution >= 4 is 28.4 Å². The van der Waals surface area contributed by atoms with Crippen molar-refractivity contribution in [2.24, 2.45) is 0 Å². The van der Waals surface area contributed by atoms with Gasteiger partial charge in [0.15, 0.2) is 0 Å². The monoisotopic (exact) mass is 295 g/mol. The molecule has 112 valence electrons. The molecule has 0 unspecified atom stereocenters. The number of aromatic amines is 1. The van der Waals surface area contributed by atoms with Gasteiger partial charge in [-0.2, -0.15) is 0 Å². The molecule has 3 rings (SSSR count). The van der Waals surface area contributed by atoms with E-state index in [1.165, 1.54) is 12.7 Å². The van der Waals surface area contributed by atoms with Crippen LogP contribution in [0.15, 0.2) is 42.6 Å². The molecule has 5 heteroatoms. The highest BCUT2D eigenvalue weighted by Crippen LogP contribution is 2.22. The lowest BCUT2D eigenvalue weighted by Crippen LogP contribution is -2.00. The van der Waals surface area contributed by atoms with Gasteiger partial charge in [-0.05, 0) is 36.2 Å². The lowest BCUT2D eigenvalue weighted by atomic mass is 10.1. The van der Waals surface area contributed by atoms with E-state index in [-0.39, 0.29) is 0 Å². The molecule has 0 bridgehead atoms. The van der Waals surface area contributed by atoms with E-state index in [0.717, 1.165) is 23.2 Å². The molecule has 2 aromatic heterocycles. The summed E-state index contributed by atoms with van der Waals surface area (Å²) < 4.78 is 4.70. The van der Waals surface area contributed by atoms with E-state index in [2.05, 4.69) is 34.3 Å². The van der Waals surface area contributed by atoms with Crippen LogP contribution >= 0.6 is 0 Å². The van der Waals surface area contributed by atoms with Crippen LogP contribution in [0, 0.1) is 0 Å². The first kappa shape index (κ1) is 14.1. The second-order valence-electron chi connectivity index (χ2n) is 5.02. The fraction of sp³-hybridized carbons (Fsp3) is 0.176. The Hall–Kier alpha value is -2.82. The van der Waals surface area contributed by atoms with Gasteiger partial charge in [0.25, 0.3) is 0 Å². The summed E-state index contributed by atoms with van der Waals surface area (Å²) in [5.74, 6) is -0.400. The van der Waals surface area contributed by atoms with Gasteiger partial charge in [0.1, 0.15) is 11.3 Å². The highest BCUT2D eigenvalue weighted by Gasteiger charge is 2.10. The molecule has 0 saturated heterocycles. The first-order chi connectivity index (χ1) is 10.7. The van der Waals surface area contributed by atoms with E-state index in [4.69, 9.17) is 4.74 Å². The summed E-state index contributed by atoms with van der Waals surface area (Å²) >= 11 is 0. The number of fused-ring (bicyclic) bond motifs is 1. The number of ether oxygens (including phenoxy) is 1. The summed E-state index contributed by atoms with van der Waals surface area (Å²) in [6.07, 6.45) is 2.73. The molecule has 0 saturated carbocycles. The minimum absolute atomic E-state index is 0.398. The van der Waals surface area contributed by atoms with Crippen LogP contribution in [-0.4, -0.2) is 23.0 Å². The highest BCUT2D eigenvalue weighted by atomic mass is 16.5. The standard InChI is InChI=1S/C17H17N3O2/c1-3-11-5-4-6-13(7-11)19-14-8-12-9-15(17(21)22-2)20-16(12)18-10-14/h4-10,19H,3H2,1-2H3,(H,18,20). The molecule has 0 aliphatic carbocycles. The summed E-state index contributed by atoms with van der Waals surface area (Å²) in [4.78, 5) is 18.8. The molecule has 1 aromatic carbocycles. The number of anilines is 2. The molecule has 22 heavy (non-hydrogen) atoms. The normalized spacial score (nSPS) is 10.6.